The Hall–Kier alpha value is -1.08. The van der Waals surface area contributed by atoms with Crippen molar-refractivity contribution in [1.29, 1.82) is 5.26 Å². The molecule has 1 N–H and O–H groups in total. The van der Waals surface area contributed by atoms with Gasteiger partial charge in [0.05, 0.1) is 6.07 Å². The molecule has 1 unspecified atom stereocenters. The fraction of sp³-hybridized carbons (Fsp3) is 0.882. The Morgan fingerprint density at radius 2 is 2.05 bits per heavy atom. The van der Waals surface area contributed by atoms with Gasteiger partial charge >= 0.3 is 0 Å². The molecular formula is C17H29N3O. The Balaban J connectivity index is 1.70. The Morgan fingerprint density at radius 1 is 1.29 bits per heavy atom. The largest absolute Gasteiger partial charge is 0.355 e. The van der Waals surface area contributed by atoms with Crippen LogP contribution in [0.1, 0.15) is 64.7 Å². The average molecular weight is 291 g/mol. The van der Waals surface area contributed by atoms with Gasteiger partial charge in [0.2, 0.25) is 5.91 Å². The molecule has 1 amide bonds. The zero-order valence-corrected chi connectivity index (χ0v) is 13.4. The van der Waals surface area contributed by atoms with Gasteiger partial charge in [-0.25, -0.2) is 0 Å². The summed E-state index contributed by atoms with van der Waals surface area (Å²) in [5.74, 6) is -0.0311. The SMILES string of the molecule is CC1CCCCN1CCCNC(=O)C1(C#N)CCCCC1. The second-order valence-electron chi connectivity index (χ2n) is 6.74. The monoisotopic (exact) mass is 291 g/mol. The number of carbonyl (C=O) groups excluding carboxylic acids is 1. The van der Waals surface area contributed by atoms with Crippen LogP contribution in [0.25, 0.3) is 0 Å². The quantitative estimate of drug-likeness (QED) is 0.792. The molecular weight excluding hydrogens is 262 g/mol. The Bertz CT molecular complexity index is 382. The van der Waals surface area contributed by atoms with Gasteiger partial charge in [-0.3, -0.25) is 4.79 Å². The molecule has 1 saturated carbocycles. The molecule has 1 aliphatic heterocycles. The third-order valence-corrected chi connectivity index (χ3v) is 5.20. The number of nitrogens with one attached hydrogen (secondary N) is 1. The molecule has 0 aromatic rings. The molecule has 1 atom stereocenters. The molecule has 1 heterocycles. The van der Waals surface area contributed by atoms with Gasteiger partial charge in [-0.1, -0.05) is 25.7 Å². The van der Waals surface area contributed by atoms with Crippen LogP contribution in [0.4, 0.5) is 0 Å². The maximum Gasteiger partial charge on any atom is 0.240 e. The van der Waals surface area contributed by atoms with E-state index in [0.29, 0.717) is 12.6 Å². The van der Waals surface area contributed by atoms with Crippen molar-refractivity contribution in [2.45, 2.75) is 70.8 Å². The molecule has 0 spiro atoms. The van der Waals surface area contributed by atoms with Crippen molar-refractivity contribution in [1.82, 2.24) is 10.2 Å². The summed E-state index contributed by atoms with van der Waals surface area (Å²) in [6.45, 7) is 5.24. The van der Waals surface area contributed by atoms with Crippen molar-refractivity contribution < 1.29 is 4.79 Å². The van der Waals surface area contributed by atoms with Gasteiger partial charge < -0.3 is 10.2 Å². The molecule has 21 heavy (non-hydrogen) atoms. The van der Waals surface area contributed by atoms with Crippen LogP contribution in [0.2, 0.25) is 0 Å². The Morgan fingerprint density at radius 3 is 2.71 bits per heavy atom. The third-order valence-electron chi connectivity index (χ3n) is 5.20. The van der Waals surface area contributed by atoms with E-state index < -0.39 is 5.41 Å². The summed E-state index contributed by atoms with van der Waals surface area (Å²) in [6, 6.07) is 2.97. The number of hydrogen-bond acceptors (Lipinski definition) is 3. The number of piperidine rings is 1. The average Bonchev–Trinajstić information content (AvgIpc) is 2.53. The standard InChI is InChI=1S/C17H29N3O/c1-15-8-3-6-12-20(15)13-7-11-19-16(21)17(14-18)9-4-2-5-10-17/h15H,2-13H2,1H3,(H,19,21). The van der Waals surface area contributed by atoms with Crippen molar-refractivity contribution in [3.05, 3.63) is 0 Å². The first-order valence-electron chi connectivity index (χ1n) is 8.61. The van der Waals surface area contributed by atoms with E-state index in [1.165, 1.54) is 25.8 Å². The van der Waals surface area contributed by atoms with Gasteiger partial charge in [-0.05, 0) is 45.6 Å². The second kappa shape index (κ2) is 7.79. The highest BCUT2D eigenvalue weighted by atomic mass is 16.2. The van der Waals surface area contributed by atoms with Crippen LogP contribution in [-0.2, 0) is 4.79 Å². The van der Waals surface area contributed by atoms with E-state index >= 15 is 0 Å². The maximum absolute atomic E-state index is 12.3. The van der Waals surface area contributed by atoms with Crippen LogP contribution in [0, 0.1) is 16.7 Å². The number of carbonyl (C=O) groups is 1. The first-order valence-corrected chi connectivity index (χ1v) is 8.61. The number of hydrogen-bond donors (Lipinski definition) is 1. The van der Waals surface area contributed by atoms with Crippen LogP contribution < -0.4 is 5.32 Å². The summed E-state index contributed by atoms with van der Waals surface area (Å²) in [4.78, 5) is 14.8. The number of likely N-dealkylation sites (tertiary alicyclic amines) is 1. The summed E-state index contributed by atoms with van der Waals surface area (Å²) in [5.41, 5.74) is -0.739. The maximum atomic E-state index is 12.3. The van der Waals surface area contributed by atoms with Crippen LogP contribution in [0.5, 0.6) is 0 Å². The molecule has 0 aromatic carbocycles. The van der Waals surface area contributed by atoms with Gasteiger partial charge in [0.25, 0.3) is 0 Å². The molecule has 1 aliphatic carbocycles. The minimum Gasteiger partial charge on any atom is -0.355 e. The zero-order chi connectivity index (χ0) is 15.1. The molecule has 2 rings (SSSR count). The molecule has 2 aliphatic rings. The fourth-order valence-electron chi connectivity index (χ4n) is 3.69. The number of amides is 1. The van der Waals surface area contributed by atoms with E-state index in [0.717, 1.165) is 45.1 Å². The minimum atomic E-state index is -0.739. The lowest BCUT2D eigenvalue weighted by Crippen LogP contribution is -2.43. The van der Waals surface area contributed by atoms with Crippen molar-refractivity contribution in [3.63, 3.8) is 0 Å². The lowest BCUT2D eigenvalue weighted by molar-refractivity contribution is -0.129. The van der Waals surface area contributed by atoms with Crippen LogP contribution in [0.3, 0.4) is 0 Å². The number of rotatable bonds is 5. The third kappa shape index (κ3) is 4.20. The van der Waals surface area contributed by atoms with Crippen molar-refractivity contribution >= 4 is 5.91 Å². The summed E-state index contributed by atoms with van der Waals surface area (Å²) in [5, 5.41) is 12.4. The van der Waals surface area contributed by atoms with E-state index in [9.17, 15) is 10.1 Å². The van der Waals surface area contributed by atoms with Crippen molar-refractivity contribution in [3.8, 4) is 6.07 Å². The molecule has 4 heteroatoms. The van der Waals surface area contributed by atoms with E-state index in [1.807, 2.05) is 0 Å². The first-order chi connectivity index (χ1) is 10.2. The van der Waals surface area contributed by atoms with Crippen LogP contribution in [0.15, 0.2) is 0 Å². The van der Waals surface area contributed by atoms with Gasteiger partial charge in [0.15, 0.2) is 0 Å². The lowest BCUT2D eigenvalue weighted by Gasteiger charge is -2.33. The lowest BCUT2D eigenvalue weighted by atomic mass is 9.74. The number of nitrogens with zero attached hydrogens (tertiary/aromatic N) is 2. The predicted molar refractivity (Wildman–Crippen MR) is 83.6 cm³/mol. The van der Waals surface area contributed by atoms with E-state index in [4.69, 9.17) is 0 Å². The first kappa shape index (κ1) is 16.3. The Labute approximate surface area is 128 Å². The summed E-state index contributed by atoms with van der Waals surface area (Å²) in [6.07, 6.45) is 9.56. The van der Waals surface area contributed by atoms with Gasteiger partial charge in [0.1, 0.15) is 5.41 Å². The summed E-state index contributed by atoms with van der Waals surface area (Å²) in [7, 11) is 0. The highest BCUT2D eigenvalue weighted by molar-refractivity contribution is 5.85. The van der Waals surface area contributed by atoms with Crippen molar-refractivity contribution in [2.75, 3.05) is 19.6 Å². The molecule has 4 nitrogen and oxygen atoms in total. The smallest absolute Gasteiger partial charge is 0.240 e. The summed E-state index contributed by atoms with van der Waals surface area (Å²) >= 11 is 0. The van der Waals surface area contributed by atoms with E-state index in [-0.39, 0.29) is 5.91 Å². The molecule has 0 radical (unpaired) electrons. The molecule has 0 bridgehead atoms. The zero-order valence-electron chi connectivity index (χ0n) is 13.4. The normalized spacial score (nSPS) is 26.0. The summed E-state index contributed by atoms with van der Waals surface area (Å²) < 4.78 is 0. The highest BCUT2D eigenvalue weighted by Crippen LogP contribution is 2.35. The topological polar surface area (TPSA) is 56.1 Å². The molecule has 2 fully saturated rings. The Kier molecular flexibility index (Phi) is 6.05. The minimum absolute atomic E-state index is 0.0311. The second-order valence-corrected chi connectivity index (χ2v) is 6.74. The van der Waals surface area contributed by atoms with Crippen molar-refractivity contribution in [2.24, 2.45) is 5.41 Å². The number of nitriles is 1. The van der Waals surface area contributed by atoms with E-state index in [2.05, 4.69) is 23.2 Å². The van der Waals surface area contributed by atoms with Gasteiger partial charge in [-0.15, -0.1) is 0 Å². The van der Waals surface area contributed by atoms with Crippen LogP contribution in [-0.4, -0.2) is 36.5 Å². The predicted octanol–water partition coefficient (Wildman–Crippen LogP) is 2.84. The van der Waals surface area contributed by atoms with Crippen LogP contribution >= 0.6 is 0 Å². The molecule has 1 saturated heterocycles. The molecule has 118 valence electrons. The highest BCUT2D eigenvalue weighted by Gasteiger charge is 2.39. The van der Waals surface area contributed by atoms with E-state index in [1.54, 1.807) is 0 Å². The van der Waals surface area contributed by atoms with Gasteiger partial charge in [-0.2, -0.15) is 5.26 Å². The van der Waals surface area contributed by atoms with Gasteiger partial charge in [0, 0.05) is 19.1 Å². The fourth-order valence-corrected chi connectivity index (χ4v) is 3.69. The molecule has 0 aromatic heterocycles.